The zero-order valence-corrected chi connectivity index (χ0v) is 13.1. The van der Waals surface area contributed by atoms with Crippen molar-refractivity contribution in [3.8, 4) is 6.07 Å². The smallest absolute Gasteiger partial charge is 0.230 e. The van der Waals surface area contributed by atoms with Crippen LogP contribution in [0.15, 0.2) is 24.3 Å². The van der Waals surface area contributed by atoms with Gasteiger partial charge in [0.05, 0.1) is 17.4 Å². The van der Waals surface area contributed by atoms with E-state index in [1.54, 1.807) is 11.8 Å². The molecule has 1 aromatic carbocycles. The summed E-state index contributed by atoms with van der Waals surface area (Å²) in [6.45, 7) is 0. The first-order valence-electron chi connectivity index (χ1n) is 7.64. The summed E-state index contributed by atoms with van der Waals surface area (Å²) in [4.78, 5) is 11.9. The Morgan fingerprint density at radius 2 is 1.86 bits per heavy atom. The topological polar surface area (TPSA) is 52.9 Å². The maximum absolute atomic E-state index is 11.9. The second kappa shape index (κ2) is 8.74. The van der Waals surface area contributed by atoms with Crippen molar-refractivity contribution < 1.29 is 4.79 Å². The van der Waals surface area contributed by atoms with E-state index in [2.05, 4.69) is 11.4 Å². The van der Waals surface area contributed by atoms with Gasteiger partial charge in [-0.15, -0.1) is 11.8 Å². The van der Waals surface area contributed by atoms with Gasteiger partial charge in [0.2, 0.25) is 5.91 Å². The van der Waals surface area contributed by atoms with E-state index >= 15 is 0 Å². The van der Waals surface area contributed by atoms with Crippen LogP contribution in [0.25, 0.3) is 0 Å². The van der Waals surface area contributed by atoms with Crippen LogP contribution in [0, 0.1) is 11.3 Å². The number of thioether (sulfide) groups is 1. The van der Waals surface area contributed by atoms with Gasteiger partial charge in [-0.1, -0.05) is 37.8 Å². The molecule has 0 spiro atoms. The fourth-order valence-corrected chi connectivity index (χ4v) is 3.43. The van der Waals surface area contributed by atoms with Crippen LogP contribution in [0.1, 0.15) is 49.7 Å². The van der Waals surface area contributed by atoms with E-state index in [4.69, 9.17) is 5.26 Å². The van der Waals surface area contributed by atoms with Gasteiger partial charge in [-0.05, 0) is 30.5 Å². The molecule has 0 aliphatic heterocycles. The molecule has 2 rings (SSSR count). The largest absolute Gasteiger partial charge is 0.353 e. The van der Waals surface area contributed by atoms with Crippen LogP contribution < -0.4 is 5.32 Å². The molecule has 4 heteroatoms. The number of hydrogen-bond acceptors (Lipinski definition) is 3. The van der Waals surface area contributed by atoms with Crippen molar-refractivity contribution in [3.05, 3.63) is 35.4 Å². The normalized spacial score (nSPS) is 16.0. The van der Waals surface area contributed by atoms with Gasteiger partial charge < -0.3 is 5.32 Å². The van der Waals surface area contributed by atoms with E-state index in [9.17, 15) is 4.79 Å². The highest BCUT2D eigenvalue weighted by Crippen LogP contribution is 2.18. The van der Waals surface area contributed by atoms with Crippen LogP contribution in [-0.4, -0.2) is 17.7 Å². The molecule has 0 atom stereocenters. The van der Waals surface area contributed by atoms with Gasteiger partial charge in [0.25, 0.3) is 0 Å². The van der Waals surface area contributed by atoms with Crippen molar-refractivity contribution in [2.75, 3.05) is 5.75 Å². The number of nitriles is 1. The molecule has 0 heterocycles. The molecular formula is C17H22N2OS. The van der Waals surface area contributed by atoms with Gasteiger partial charge in [0.15, 0.2) is 0 Å². The average molecular weight is 302 g/mol. The highest BCUT2D eigenvalue weighted by Gasteiger charge is 2.14. The number of benzene rings is 1. The van der Waals surface area contributed by atoms with Crippen molar-refractivity contribution in [1.29, 1.82) is 5.26 Å². The molecule has 1 fully saturated rings. The van der Waals surface area contributed by atoms with Crippen molar-refractivity contribution in [2.24, 2.45) is 0 Å². The maximum Gasteiger partial charge on any atom is 0.230 e. The van der Waals surface area contributed by atoms with Crippen LogP contribution in [0.5, 0.6) is 0 Å². The van der Waals surface area contributed by atoms with Crippen molar-refractivity contribution in [1.82, 2.24) is 5.32 Å². The Balaban J connectivity index is 1.67. The van der Waals surface area contributed by atoms with Gasteiger partial charge in [-0.2, -0.15) is 5.26 Å². The predicted octanol–water partition coefficient (Wildman–Crippen LogP) is 3.63. The van der Waals surface area contributed by atoms with Crippen molar-refractivity contribution in [3.63, 3.8) is 0 Å². The monoisotopic (exact) mass is 302 g/mol. The first kappa shape index (κ1) is 15.9. The van der Waals surface area contributed by atoms with E-state index in [0.29, 0.717) is 17.4 Å². The Labute approximate surface area is 131 Å². The number of hydrogen-bond donors (Lipinski definition) is 1. The molecule has 1 aromatic rings. The van der Waals surface area contributed by atoms with Gasteiger partial charge in [0.1, 0.15) is 0 Å². The number of rotatable bonds is 5. The molecule has 1 amide bonds. The lowest BCUT2D eigenvalue weighted by molar-refractivity contribution is -0.119. The van der Waals surface area contributed by atoms with E-state index in [1.807, 2.05) is 24.3 Å². The lowest BCUT2D eigenvalue weighted by Crippen LogP contribution is -2.35. The highest BCUT2D eigenvalue weighted by atomic mass is 32.2. The number of nitrogens with zero attached hydrogens (tertiary/aromatic N) is 1. The summed E-state index contributed by atoms with van der Waals surface area (Å²) in [7, 11) is 0. The molecule has 112 valence electrons. The SMILES string of the molecule is N#Cc1ccc(CSCC(=O)NC2CCCCCC2)cc1. The van der Waals surface area contributed by atoms with E-state index < -0.39 is 0 Å². The molecule has 1 aliphatic carbocycles. The average Bonchev–Trinajstić information content (AvgIpc) is 2.76. The van der Waals surface area contributed by atoms with E-state index in [1.165, 1.54) is 25.7 Å². The van der Waals surface area contributed by atoms with Crippen LogP contribution in [0.4, 0.5) is 0 Å². The summed E-state index contributed by atoms with van der Waals surface area (Å²) in [5.41, 5.74) is 1.83. The summed E-state index contributed by atoms with van der Waals surface area (Å²) in [5, 5.41) is 11.9. The molecule has 0 unspecified atom stereocenters. The van der Waals surface area contributed by atoms with Crippen LogP contribution in [0.3, 0.4) is 0 Å². The Bertz CT molecular complexity index is 485. The number of nitrogens with one attached hydrogen (secondary N) is 1. The summed E-state index contributed by atoms with van der Waals surface area (Å²) < 4.78 is 0. The Hall–Kier alpha value is -1.47. The summed E-state index contributed by atoms with van der Waals surface area (Å²) in [5.74, 6) is 1.47. The first-order valence-corrected chi connectivity index (χ1v) is 8.79. The molecule has 0 bridgehead atoms. The molecule has 3 nitrogen and oxygen atoms in total. The maximum atomic E-state index is 11.9. The Morgan fingerprint density at radius 1 is 1.19 bits per heavy atom. The van der Waals surface area contributed by atoms with Crippen LogP contribution in [-0.2, 0) is 10.5 Å². The molecule has 0 aromatic heterocycles. The second-order valence-electron chi connectivity index (χ2n) is 5.56. The second-order valence-corrected chi connectivity index (χ2v) is 6.54. The highest BCUT2D eigenvalue weighted by molar-refractivity contribution is 7.99. The lowest BCUT2D eigenvalue weighted by Gasteiger charge is -2.15. The fraction of sp³-hybridized carbons (Fsp3) is 0.529. The Kier molecular flexibility index (Phi) is 6.62. The van der Waals surface area contributed by atoms with Gasteiger partial charge in [-0.25, -0.2) is 0 Å². The molecule has 0 saturated heterocycles. The minimum Gasteiger partial charge on any atom is -0.353 e. The van der Waals surface area contributed by atoms with Crippen molar-refractivity contribution >= 4 is 17.7 Å². The predicted molar refractivity (Wildman–Crippen MR) is 87.0 cm³/mol. The fourth-order valence-electron chi connectivity index (χ4n) is 2.63. The molecule has 0 radical (unpaired) electrons. The molecule has 1 saturated carbocycles. The Morgan fingerprint density at radius 3 is 2.48 bits per heavy atom. The zero-order valence-electron chi connectivity index (χ0n) is 12.3. The van der Waals surface area contributed by atoms with Crippen LogP contribution >= 0.6 is 11.8 Å². The number of carbonyl (C=O) groups excluding carboxylic acids is 1. The van der Waals surface area contributed by atoms with Crippen LogP contribution in [0.2, 0.25) is 0 Å². The van der Waals surface area contributed by atoms with Gasteiger partial charge >= 0.3 is 0 Å². The lowest BCUT2D eigenvalue weighted by atomic mass is 10.1. The van der Waals surface area contributed by atoms with Gasteiger partial charge in [0, 0.05) is 11.8 Å². The standard InChI is InChI=1S/C17H22N2OS/c18-11-14-7-9-15(10-8-14)12-21-13-17(20)19-16-5-3-1-2-4-6-16/h7-10,16H,1-6,12-13H2,(H,19,20). The number of amides is 1. The first-order chi connectivity index (χ1) is 10.3. The molecule has 1 N–H and O–H groups in total. The van der Waals surface area contributed by atoms with E-state index in [-0.39, 0.29) is 5.91 Å². The third-order valence-corrected chi connectivity index (χ3v) is 4.81. The zero-order chi connectivity index (χ0) is 14.9. The molecular weight excluding hydrogens is 280 g/mol. The third kappa shape index (κ3) is 5.81. The van der Waals surface area contributed by atoms with Gasteiger partial charge in [-0.3, -0.25) is 4.79 Å². The summed E-state index contributed by atoms with van der Waals surface area (Å²) >= 11 is 1.63. The summed E-state index contributed by atoms with van der Waals surface area (Å²) in [6, 6.07) is 10.0. The van der Waals surface area contributed by atoms with Crippen molar-refractivity contribution in [2.45, 2.75) is 50.3 Å². The minimum atomic E-state index is 0.153. The molecule has 21 heavy (non-hydrogen) atoms. The number of carbonyl (C=O) groups is 1. The third-order valence-electron chi connectivity index (χ3n) is 3.81. The quantitative estimate of drug-likeness (QED) is 0.845. The molecule has 1 aliphatic rings. The van der Waals surface area contributed by atoms with E-state index in [0.717, 1.165) is 24.2 Å². The minimum absolute atomic E-state index is 0.153. The summed E-state index contributed by atoms with van der Waals surface area (Å²) in [6.07, 6.45) is 7.35.